The predicted molar refractivity (Wildman–Crippen MR) is 116 cm³/mol. The van der Waals surface area contributed by atoms with E-state index in [1.165, 1.54) is 31.6 Å². The fourth-order valence-electron chi connectivity index (χ4n) is 3.00. The third-order valence-corrected chi connectivity index (χ3v) is 5.55. The Hall–Kier alpha value is -3.53. The molecule has 2 N–H and O–H groups in total. The van der Waals surface area contributed by atoms with Crippen molar-refractivity contribution in [3.8, 4) is 22.1 Å². The molecule has 1 unspecified atom stereocenters. The Morgan fingerprint density at radius 2 is 1.81 bits per heavy atom. The predicted octanol–water partition coefficient (Wildman–Crippen LogP) is 3.25. The van der Waals surface area contributed by atoms with Gasteiger partial charge in [0.05, 0.1) is 26.3 Å². The summed E-state index contributed by atoms with van der Waals surface area (Å²) in [5.74, 6) is -2.06. The molecule has 7 nitrogen and oxygen atoms in total. The van der Waals surface area contributed by atoms with Crippen molar-refractivity contribution in [2.45, 2.75) is 12.5 Å². The average molecular weight is 461 g/mol. The number of halogens is 2. The van der Waals surface area contributed by atoms with Crippen LogP contribution in [-0.2, 0) is 16.0 Å². The average Bonchev–Trinajstić information content (AvgIpc) is 3.26. The summed E-state index contributed by atoms with van der Waals surface area (Å²) in [5.41, 5.74) is 1.42. The fraction of sp³-hybridized carbons (Fsp3) is 0.227. The van der Waals surface area contributed by atoms with Gasteiger partial charge >= 0.3 is 0 Å². The summed E-state index contributed by atoms with van der Waals surface area (Å²) >= 11 is 1.35. The quantitative estimate of drug-likeness (QED) is 0.538. The molecule has 0 saturated carbocycles. The lowest BCUT2D eigenvalue weighted by Gasteiger charge is -2.17. The highest BCUT2D eigenvalue weighted by Crippen LogP contribution is 2.33. The molecule has 0 aliphatic rings. The molecule has 10 heteroatoms. The Labute approximate surface area is 187 Å². The molecule has 3 rings (SSSR count). The molecule has 0 saturated heterocycles. The maximum Gasteiger partial charge on any atom is 0.246 e. The molecular weight excluding hydrogens is 440 g/mol. The highest BCUT2D eigenvalue weighted by Gasteiger charge is 2.23. The van der Waals surface area contributed by atoms with Crippen LogP contribution in [-0.4, -0.2) is 38.1 Å². The van der Waals surface area contributed by atoms with Gasteiger partial charge in [0.2, 0.25) is 11.8 Å². The van der Waals surface area contributed by atoms with Crippen LogP contribution in [0.15, 0.2) is 41.8 Å². The van der Waals surface area contributed by atoms with Gasteiger partial charge in [0, 0.05) is 18.0 Å². The summed E-state index contributed by atoms with van der Waals surface area (Å²) in [6, 6.07) is 7.23. The summed E-state index contributed by atoms with van der Waals surface area (Å²) in [6.07, 6.45) is -0.0963. The van der Waals surface area contributed by atoms with E-state index in [2.05, 4.69) is 15.6 Å². The van der Waals surface area contributed by atoms with E-state index in [0.29, 0.717) is 22.2 Å². The summed E-state index contributed by atoms with van der Waals surface area (Å²) in [6.45, 7) is 0. The molecule has 168 valence electrons. The van der Waals surface area contributed by atoms with Crippen LogP contribution in [0.5, 0.6) is 11.5 Å². The Kier molecular flexibility index (Phi) is 7.37. The Morgan fingerprint density at radius 3 is 2.47 bits per heavy atom. The van der Waals surface area contributed by atoms with Crippen LogP contribution in [0.3, 0.4) is 0 Å². The van der Waals surface area contributed by atoms with E-state index in [0.717, 1.165) is 17.7 Å². The van der Waals surface area contributed by atoms with Crippen LogP contribution in [0, 0.1) is 11.6 Å². The number of aromatic nitrogens is 1. The molecule has 1 atom stereocenters. The third-order valence-electron chi connectivity index (χ3n) is 4.61. The maximum atomic E-state index is 13.6. The van der Waals surface area contributed by atoms with E-state index in [1.807, 2.05) is 6.07 Å². The number of likely N-dealkylation sites (N-methyl/N-ethyl adjacent to an activating group) is 1. The molecule has 2 aromatic carbocycles. The van der Waals surface area contributed by atoms with Crippen molar-refractivity contribution >= 4 is 23.2 Å². The van der Waals surface area contributed by atoms with E-state index < -0.39 is 29.5 Å². The number of thiazole rings is 1. The standard InChI is InChI=1S/C22H21F2N3O4S/c1-25-21(29)20(12-4-6-15(23)16(24)8-12)27-19(28)10-14-11-32-22(26-14)13-5-7-17(30-2)18(9-13)31-3/h4-9,11,20H,10H2,1-3H3,(H,25,29)(H,27,28). The van der Waals surface area contributed by atoms with Crippen LogP contribution >= 0.6 is 11.3 Å². The Balaban J connectivity index is 1.74. The highest BCUT2D eigenvalue weighted by atomic mass is 32.1. The van der Waals surface area contributed by atoms with Crippen molar-refractivity contribution < 1.29 is 27.8 Å². The van der Waals surface area contributed by atoms with E-state index in [-0.39, 0.29) is 12.0 Å². The Bertz CT molecular complexity index is 1140. The lowest BCUT2D eigenvalue weighted by atomic mass is 10.1. The van der Waals surface area contributed by atoms with Crippen LogP contribution in [0.2, 0.25) is 0 Å². The number of rotatable bonds is 8. The molecule has 1 aromatic heterocycles. The zero-order valence-electron chi connectivity index (χ0n) is 17.6. The molecule has 0 aliphatic carbocycles. The number of amides is 2. The van der Waals surface area contributed by atoms with Crippen LogP contribution < -0.4 is 20.1 Å². The zero-order valence-corrected chi connectivity index (χ0v) is 18.4. The van der Waals surface area contributed by atoms with Gasteiger partial charge in [-0.1, -0.05) is 6.07 Å². The SMILES string of the molecule is CNC(=O)C(NC(=O)Cc1csc(-c2ccc(OC)c(OC)c2)n1)c1ccc(F)c(F)c1. The number of hydrogen-bond acceptors (Lipinski definition) is 6. The number of carbonyl (C=O) groups is 2. The fourth-order valence-corrected chi connectivity index (χ4v) is 3.82. The van der Waals surface area contributed by atoms with Gasteiger partial charge in [-0.25, -0.2) is 13.8 Å². The topological polar surface area (TPSA) is 89.6 Å². The van der Waals surface area contributed by atoms with Gasteiger partial charge < -0.3 is 20.1 Å². The molecule has 0 aliphatic heterocycles. The van der Waals surface area contributed by atoms with Gasteiger partial charge in [-0.2, -0.15) is 0 Å². The van der Waals surface area contributed by atoms with Gasteiger partial charge in [0.15, 0.2) is 23.1 Å². The second kappa shape index (κ2) is 10.2. The number of carbonyl (C=O) groups excluding carboxylic acids is 2. The van der Waals surface area contributed by atoms with E-state index in [1.54, 1.807) is 24.6 Å². The second-order valence-electron chi connectivity index (χ2n) is 6.68. The van der Waals surface area contributed by atoms with Gasteiger partial charge in [0.1, 0.15) is 11.0 Å². The van der Waals surface area contributed by atoms with Crippen LogP contribution in [0.25, 0.3) is 10.6 Å². The number of nitrogens with one attached hydrogen (secondary N) is 2. The minimum Gasteiger partial charge on any atom is -0.493 e. The largest absolute Gasteiger partial charge is 0.493 e. The van der Waals surface area contributed by atoms with Crippen molar-refractivity contribution in [1.82, 2.24) is 15.6 Å². The van der Waals surface area contributed by atoms with Crippen molar-refractivity contribution in [2.75, 3.05) is 21.3 Å². The van der Waals surface area contributed by atoms with Crippen molar-refractivity contribution in [2.24, 2.45) is 0 Å². The Morgan fingerprint density at radius 1 is 1.06 bits per heavy atom. The summed E-state index contributed by atoms with van der Waals surface area (Å²) in [7, 11) is 4.47. The first-order valence-electron chi connectivity index (χ1n) is 9.49. The maximum absolute atomic E-state index is 13.6. The third kappa shape index (κ3) is 5.20. The molecule has 0 fully saturated rings. The lowest BCUT2D eigenvalue weighted by Crippen LogP contribution is -2.39. The molecule has 32 heavy (non-hydrogen) atoms. The molecule has 0 radical (unpaired) electrons. The summed E-state index contributed by atoms with van der Waals surface area (Å²) in [5, 5.41) is 7.37. The minimum atomic E-state index is -1.17. The number of methoxy groups -OCH3 is 2. The number of hydrogen-bond donors (Lipinski definition) is 2. The monoisotopic (exact) mass is 461 g/mol. The smallest absolute Gasteiger partial charge is 0.246 e. The normalized spacial score (nSPS) is 11.5. The first-order chi connectivity index (χ1) is 15.4. The van der Waals surface area contributed by atoms with Crippen LogP contribution in [0.1, 0.15) is 17.3 Å². The van der Waals surface area contributed by atoms with Gasteiger partial charge in [-0.3, -0.25) is 9.59 Å². The molecule has 1 heterocycles. The minimum absolute atomic E-state index is 0.0963. The van der Waals surface area contributed by atoms with E-state index in [9.17, 15) is 18.4 Å². The van der Waals surface area contributed by atoms with Gasteiger partial charge in [0.25, 0.3) is 0 Å². The van der Waals surface area contributed by atoms with Gasteiger partial charge in [-0.15, -0.1) is 11.3 Å². The summed E-state index contributed by atoms with van der Waals surface area (Å²) < 4.78 is 37.4. The van der Waals surface area contributed by atoms with E-state index in [4.69, 9.17) is 9.47 Å². The molecule has 3 aromatic rings. The second-order valence-corrected chi connectivity index (χ2v) is 7.54. The van der Waals surface area contributed by atoms with Crippen molar-refractivity contribution in [1.29, 1.82) is 0 Å². The van der Waals surface area contributed by atoms with Crippen molar-refractivity contribution in [3.05, 3.63) is 64.7 Å². The van der Waals surface area contributed by atoms with Crippen LogP contribution in [0.4, 0.5) is 8.78 Å². The first-order valence-corrected chi connectivity index (χ1v) is 10.4. The van der Waals surface area contributed by atoms with Gasteiger partial charge in [-0.05, 0) is 35.9 Å². The lowest BCUT2D eigenvalue weighted by molar-refractivity contribution is -0.128. The summed E-state index contributed by atoms with van der Waals surface area (Å²) in [4.78, 5) is 29.3. The number of nitrogens with zero attached hydrogens (tertiary/aromatic N) is 1. The molecule has 0 spiro atoms. The number of benzene rings is 2. The molecule has 0 bridgehead atoms. The number of ether oxygens (including phenoxy) is 2. The van der Waals surface area contributed by atoms with Crippen molar-refractivity contribution in [3.63, 3.8) is 0 Å². The highest BCUT2D eigenvalue weighted by molar-refractivity contribution is 7.13. The molecule has 2 amide bonds. The van der Waals surface area contributed by atoms with E-state index >= 15 is 0 Å². The molecular formula is C22H21F2N3O4S. The zero-order chi connectivity index (χ0) is 23.3. The first kappa shape index (κ1) is 23.1.